The number of rotatable bonds is 11. The van der Waals surface area contributed by atoms with E-state index >= 15 is 0 Å². The fraction of sp³-hybridized carbons (Fsp3) is 0.429. The highest BCUT2D eigenvalue weighted by Gasteiger charge is 2.32. The molecule has 0 aliphatic carbocycles. The Hall–Kier alpha value is -4.91. The Morgan fingerprint density at radius 1 is 1.00 bits per heavy atom. The van der Waals surface area contributed by atoms with Crippen LogP contribution in [0, 0.1) is 6.92 Å². The number of benzene rings is 2. The number of nitrogens with one attached hydrogen (secondary N) is 1. The molecular weight excluding hydrogens is 656 g/mol. The van der Waals surface area contributed by atoms with Crippen molar-refractivity contribution in [3.8, 4) is 5.75 Å². The van der Waals surface area contributed by atoms with Crippen LogP contribution in [0.1, 0.15) is 68.3 Å². The molecule has 3 amide bonds. The first-order valence-corrected chi connectivity index (χ1v) is 16.3. The summed E-state index contributed by atoms with van der Waals surface area (Å²) in [6.07, 6.45) is -2.12. The number of piperazine rings is 1. The van der Waals surface area contributed by atoms with Crippen molar-refractivity contribution in [3.63, 3.8) is 0 Å². The van der Waals surface area contributed by atoms with Crippen molar-refractivity contribution in [2.75, 3.05) is 32.8 Å². The van der Waals surface area contributed by atoms with Crippen LogP contribution in [0.5, 0.6) is 5.75 Å². The van der Waals surface area contributed by atoms with E-state index in [-0.39, 0.29) is 57.1 Å². The largest absolute Gasteiger partial charge is 0.478 e. The molecule has 0 saturated carbocycles. The second-order valence-electron chi connectivity index (χ2n) is 12.5. The minimum atomic E-state index is -1.42. The van der Waals surface area contributed by atoms with Crippen LogP contribution in [0.4, 0.5) is 4.79 Å². The molecule has 0 radical (unpaired) electrons. The van der Waals surface area contributed by atoms with Crippen LogP contribution >= 0.6 is 11.6 Å². The van der Waals surface area contributed by atoms with Gasteiger partial charge in [-0.2, -0.15) is 0 Å². The smallest absolute Gasteiger partial charge is 0.409 e. The third-order valence-electron chi connectivity index (χ3n) is 7.63. The Bertz CT molecular complexity index is 1700. The molecule has 2 aromatic carbocycles. The van der Waals surface area contributed by atoms with Crippen molar-refractivity contribution in [2.45, 2.75) is 65.2 Å². The van der Waals surface area contributed by atoms with E-state index in [1.54, 1.807) is 77.1 Å². The maximum absolute atomic E-state index is 13.8. The fourth-order valence-electron chi connectivity index (χ4n) is 5.24. The van der Waals surface area contributed by atoms with E-state index < -0.39 is 47.6 Å². The van der Waals surface area contributed by atoms with Gasteiger partial charge < -0.3 is 34.4 Å². The van der Waals surface area contributed by atoms with E-state index in [4.69, 9.17) is 25.8 Å². The minimum Gasteiger partial charge on any atom is -0.478 e. The Morgan fingerprint density at radius 2 is 1.65 bits per heavy atom. The summed E-state index contributed by atoms with van der Waals surface area (Å²) in [5.41, 5.74) is 0.455. The molecule has 1 fully saturated rings. The normalized spacial score (nSPS) is 14.5. The molecule has 2 N–H and O–H groups in total. The number of aryl methyl sites for hydroxylation is 1. The number of hydrogen-bond donors (Lipinski definition) is 2. The van der Waals surface area contributed by atoms with E-state index in [9.17, 15) is 29.1 Å². The van der Waals surface area contributed by atoms with Gasteiger partial charge in [0.05, 0.1) is 12.1 Å². The summed E-state index contributed by atoms with van der Waals surface area (Å²) >= 11 is 6.41. The number of esters is 1. The lowest BCUT2D eigenvalue weighted by Gasteiger charge is -2.36. The van der Waals surface area contributed by atoms with Crippen molar-refractivity contribution in [1.29, 1.82) is 0 Å². The number of aromatic nitrogens is 1. The summed E-state index contributed by atoms with van der Waals surface area (Å²) in [6, 6.07) is 11.7. The summed E-state index contributed by atoms with van der Waals surface area (Å²) in [6.45, 7) is 9.73. The van der Waals surface area contributed by atoms with Gasteiger partial charge in [0.15, 0.2) is 0 Å². The molecule has 13 nitrogen and oxygen atoms in total. The molecule has 3 aromatic rings. The lowest BCUT2D eigenvalue weighted by Crippen LogP contribution is -2.56. The van der Waals surface area contributed by atoms with Crippen LogP contribution in [0.2, 0.25) is 5.02 Å². The lowest BCUT2D eigenvalue weighted by atomic mass is 10.1. The van der Waals surface area contributed by atoms with E-state index in [1.165, 1.54) is 15.9 Å². The van der Waals surface area contributed by atoms with Gasteiger partial charge in [-0.3, -0.25) is 14.4 Å². The predicted molar refractivity (Wildman–Crippen MR) is 180 cm³/mol. The van der Waals surface area contributed by atoms with Gasteiger partial charge in [-0.1, -0.05) is 41.9 Å². The summed E-state index contributed by atoms with van der Waals surface area (Å²) in [7, 11) is 0. The number of ether oxygens (including phenoxy) is 3. The molecule has 1 aliphatic heterocycles. The minimum absolute atomic E-state index is 0.0417. The van der Waals surface area contributed by atoms with E-state index in [0.717, 1.165) is 0 Å². The number of carbonyl (C=O) groups excluding carboxylic acids is 4. The van der Waals surface area contributed by atoms with Crippen LogP contribution in [0.15, 0.2) is 48.5 Å². The molecule has 1 unspecified atom stereocenters. The molecule has 2 heterocycles. The molecule has 262 valence electrons. The van der Waals surface area contributed by atoms with Gasteiger partial charge in [-0.15, -0.1) is 0 Å². The van der Waals surface area contributed by atoms with E-state index in [0.29, 0.717) is 27.1 Å². The molecule has 2 atom stereocenters. The number of pyridine rings is 1. The fourth-order valence-corrected chi connectivity index (χ4v) is 5.40. The van der Waals surface area contributed by atoms with Crippen LogP contribution < -0.4 is 10.1 Å². The number of nitrogens with zero attached hydrogens (tertiary/aromatic N) is 3. The Kier molecular flexibility index (Phi) is 12.0. The molecule has 1 saturated heterocycles. The zero-order chi connectivity index (χ0) is 35.9. The number of carboxylic acids is 1. The molecule has 49 heavy (non-hydrogen) atoms. The Balaban J connectivity index is 1.64. The number of hydrogen-bond acceptors (Lipinski definition) is 9. The third kappa shape index (κ3) is 9.82. The van der Waals surface area contributed by atoms with Crippen LogP contribution in [-0.4, -0.2) is 94.2 Å². The SMILES string of the molecule is CCOC(=O)N1CCN(C(=O)[C@H](CCC(=O)OC(C)(C)C)NC(=O)c2cc(OC(C(=O)O)c3ccccc3)c3cc(Cl)c(C)cc3n2)CC1. The molecular formula is C35H41ClN4O9. The van der Waals surface area contributed by atoms with Crippen molar-refractivity contribution in [2.24, 2.45) is 0 Å². The maximum atomic E-state index is 13.8. The molecule has 0 bridgehead atoms. The van der Waals surface area contributed by atoms with Crippen molar-refractivity contribution >= 4 is 52.4 Å². The Labute approximate surface area is 289 Å². The highest BCUT2D eigenvalue weighted by molar-refractivity contribution is 6.32. The molecule has 4 rings (SSSR count). The highest BCUT2D eigenvalue weighted by Crippen LogP contribution is 2.33. The zero-order valence-electron chi connectivity index (χ0n) is 28.2. The van der Waals surface area contributed by atoms with Crippen LogP contribution in [0.3, 0.4) is 0 Å². The highest BCUT2D eigenvalue weighted by atomic mass is 35.5. The number of aliphatic carboxylic acids is 1. The third-order valence-corrected chi connectivity index (χ3v) is 8.04. The van der Waals surface area contributed by atoms with E-state index in [2.05, 4.69) is 10.3 Å². The van der Waals surface area contributed by atoms with Crippen molar-refractivity contribution in [3.05, 3.63) is 70.4 Å². The zero-order valence-corrected chi connectivity index (χ0v) is 28.9. The molecule has 1 aromatic heterocycles. The monoisotopic (exact) mass is 696 g/mol. The molecule has 14 heteroatoms. The first-order chi connectivity index (χ1) is 23.2. The number of carboxylic acid groups (broad SMARTS) is 1. The second kappa shape index (κ2) is 16.0. The summed E-state index contributed by atoms with van der Waals surface area (Å²) < 4.78 is 16.5. The first kappa shape index (κ1) is 36.9. The average molecular weight is 697 g/mol. The van der Waals surface area contributed by atoms with Gasteiger partial charge in [-0.05, 0) is 58.7 Å². The van der Waals surface area contributed by atoms with Gasteiger partial charge in [-0.25, -0.2) is 14.6 Å². The maximum Gasteiger partial charge on any atom is 0.409 e. The number of carbonyl (C=O) groups is 5. The second-order valence-corrected chi connectivity index (χ2v) is 12.9. The first-order valence-electron chi connectivity index (χ1n) is 15.9. The Morgan fingerprint density at radius 3 is 2.27 bits per heavy atom. The van der Waals surface area contributed by atoms with E-state index in [1.807, 2.05) is 0 Å². The van der Waals surface area contributed by atoms with Gasteiger partial charge in [0.2, 0.25) is 12.0 Å². The predicted octanol–water partition coefficient (Wildman–Crippen LogP) is 4.92. The lowest BCUT2D eigenvalue weighted by molar-refractivity contribution is -0.155. The van der Waals surface area contributed by atoms with Crippen LogP contribution in [0.25, 0.3) is 10.9 Å². The topological polar surface area (TPSA) is 165 Å². The number of halogens is 1. The molecule has 0 spiro atoms. The van der Waals surface area contributed by atoms with Crippen LogP contribution in [-0.2, 0) is 23.9 Å². The van der Waals surface area contributed by atoms with Gasteiger partial charge in [0, 0.05) is 54.6 Å². The van der Waals surface area contributed by atoms with Gasteiger partial charge >= 0.3 is 18.0 Å². The standard InChI is InChI=1S/C35H41ClN4O9/c1-6-47-34(46)40-16-14-39(15-17-40)32(43)25(12-13-29(41)49-35(3,4)5)38-31(42)27-20-28(23-19-24(36)21(2)18-26(23)37-27)48-30(33(44)45)22-10-8-7-9-11-22/h7-11,18-20,25,30H,6,12-17H2,1-5H3,(H,38,42)(H,44,45)/t25-,30?/m0/s1. The summed E-state index contributed by atoms with van der Waals surface area (Å²) in [5, 5.41) is 13.5. The summed E-state index contributed by atoms with van der Waals surface area (Å²) in [5.74, 6) is -2.95. The number of fused-ring (bicyclic) bond motifs is 1. The average Bonchev–Trinajstić information content (AvgIpc) is 3.05. The van der Waals surface area contributed by atoms with Gasteiger partial charge in [0.25, 0.3) is 5.91 Å². The molecule has 1 aliphatic rings. The van der Waals surface area contributed by atoms with Gasteiger partial charge in [0.1, 0.15) is 23.1 Å². The van der Waals surface area contributed by atoms with Crippen molar-refractivity contribution in [1.82, 2.24) is 20.1 Å². The van der Waals surface area contributed by atoms with Crippen molar-refractivity contribution < 1.29 is 43.3 Å². The quantitative estimate of drug-likeness (QED) is 0.263. The summed E-state index contributed by atoms with van der Waals surface area (Å²) in [4.78, 5) is 72.3. The number of amides is 3.